The molecule has 0 aliphatic heterocycles. The molecule has 3 aromatic rings. The Labute approximate surface area is 164 Å². The minimum Gasteiger partial charge on any atom is -0.493 e. The van der Waals surface area contributed by atoms with Gasteiger partial charge in [-0.1, -0.05) is 17.3 Å². The van der Waals surface area contributed by atoms with Gasteiger partial charge in [0, 0.05) is 11.5 Å². The summed E-state index contributed by atoms with van der Waals surface area (Å²) in [5.74, 6) is 1.10. The van der Waals surface area contributed by atoms with Gasteiger partial charge in [-0.2, -0.15) is 0 Å². The van der Waals surface area contributed by atoms with E-state index in [1.54, 1.807) is 20.3 Å². The molecular weight excluding hydrogens is 371 g/mol. The quantitative estimate of drug-likeness (QED) is 0.552. The van der Waals surface area contributed by atoms with Crippen LogP contribution in [0.5, 0.6) is 11.5 Å². The second kappa shape index (κ2) is 10.1. The summed E-state index contributed by atoms with van der Waals surface area (Å²) in [5, 5.41) is 8.53. The van der Waals surface area contributed by atoms with Crippen LogP contribution in [0.2, 0.25) is 0 Å². The van der Waals surface area contributed by atoms with Crippen molar-refractivity contribution in [3.63, 3.8) is 0 Å². The van der Waals surface area contributed by atoms with Crippen molar-refractivity contribution in [2.45, 2.75) is 19.3 Å². The van der Waals surface area contributed by atoms with Gasteiger partial charge in [-0.05, 0) is 56.1 Å². The fraction of sp³-hybridized carbons (Fsp3) is 0.350. The van der Waals surface area contributed by atoms with Crippen LogP contribution < -0.4 is 14.8 Å². The number of hydrogen-bond donors (Lipinski definition) is 1. The molecule has 7 heteroatoms. The zero-order valence-electron chi connectivity index (χ0n) is 15.5. The molecule has 2 aromatic carbocycles. The third-order valence-corrected chi connectivity index (χ3v) is 4.32. The van der Waals surface area contributed by atoms with E-state index in [1.807, 2.05) is 18.2 Å². The Hall–Kier alpha value is -2.31. The second-order valence-corrected chi connectivity index (χ2v) is 6.06. The first-order valence-electron chi connectivity index (χ1n) is 8.66. The van der Waals surface area contributed by atoms with Crippen molar-refractivity contribution in [3.8, 4) is 11.5 Å². The molecule has 27 heavy (non-hydrogen) atoms. The SMILES string of the molecule is COc1cc2onc(CCCNCCc3ccc(F)cc3)c2cc1OC.Cl. The Balaban J connectivity index is 0.00000261. The molecule has 1 heterocycles. The first-order valence-corrected chi connectivity index (χ1v) is 8.66. The monoisotopic (exact) mass is 394 g/mol. The molecule has 0 radical (unpaired) electrons. The average molecular weight is 395 g/mol. The lowest BCUT2D eigenvalue weighted by atomic mass is 10.1. The molecule has 0 saturated carbocycles. The minimum atomic E-state index is -0.198. The van der Waals surface area contributed by atoms with E-state index in [1.165, 1.54) is 12.1 Å². The number of ether oxygens (including phenoxy) is 2. The van der Waals surface area contributed by atoms with E-state index in [9.17, 15) is 4.39 Å². The molecular formula is C20H24ClFN2O3. The zero-order chi connectivity index (χ0) is 18.4. The molecule has 0 fully saturated rings. The van der Waals surface area contributed by atoms with Gasteiger partial charge in [0.25, 0.3) is 0 Å². The number of nitrogens with one attached hydrogen (secondary N) is 1. The fourth-order valence-electron chi connectivity index (χ4n) is 2.88. The summed E-state index contributed by atoms with van der Waals surface area (Å²) in [6.45, 7) is 1.74. The normalized spacial score (nSPS) is 10.6. The number of methoxy groups -OCH3 is 2. The molecule has 0 atom stereocenters. The lowest BCUT2D eigenvalue weighted by molar-refractivity contribution is 0.354. The van der Waals surface area contributed by atoms with E-state index in [0.29, 0.717) is 17.1 Å². The summed E-state index contributed by atoms with van der Waals surface area (Å²) in [4.78, 5) is 0. The maximum Gasteiger partial charge on any atom is 0.171 e. The Morgan fingerprint density at radius 1 is 1.00 bits per heavy atom. The van der Waals surface area contributed by atoms with E-state index in [-0.39, 0.29) is 18.2 Å². The molecule has 0 saturated heterocycles. The molecule has 0 amide bonds. The maximum absolute atomic E-state index is 12.9. The highest BCUT2D eigenvalue weighted by molar-refractivity contribution is 5.85. The second-order valence-electron chi connectivity index (χ2n) is 6.06. The summed E-state index contributed by atoms with van der Waals surface area (Å²) in [6.07, 6.45) is 2.63. The smallest absolute Gasteiger partial charge is 0.171 e. The molecule has 1 aromatic heterocycles. The Morgan fingerprint density at radius 2 is 1.70 bits per heavy atom. The Bertz CT molecular complexity index is 852. The van der Waals surface area contributed by atoms with Crippen molar-refractivity contribution in [2.24, 2.45) is 0 Å². The van der Waals surface area contributed by atoms with Crippen LogP contribution in [0.3, 0.4) is 0 Å². The molecule has 0 aliphatic rings. The average Bonchev–Trinajstić information content (AvgIpc) is 3.06. The third kappa shape index (κ3) is 5.34. The predicted molar refractivity (Wildman–Crippen MR) is 106 cm³/mol. The lowest BCUT2D eigenvalue weighted by Gasteiger charge is -2.07. The predicted octanol–water partition coefficient (Wildman–Crippen LogP) is 4.17. The van der Waals surface area contributed by atoms with Gasteiger partial charge < -0.3 is 19.3 Å². The summed E-state index contributed by atoms with van der Waals surface area (Å²) in [7, 11) is 3.21. The van der Waals surface area contributed by atoms with Gasteiger partial charge >= 0.3 is 0 Å². The number of nitrogens with zero attached hydrogens (tertiary/aromatic N) is 1. The van der Waals surface area contributed by atoms with Gasteiger partial charge in [0.1, 0.15) is 5.82 Å². The van der Waals surface area contributed by atoms with Gasteiger partial charge in [0.2, 0.25) is 0 Å². The van der Waals surface area contributed by atoms with Crippen LogP contribution in [-0.2, 0) is 12.8 Å². The number of rotatable bonds is 9. The molecule has 0 bridgehead atoms. The number of halogens is 2. The molecule has 5 nitrogen and oxygen atoms in total. The zero-order valence-corrected chi connectivity index (χ0v) is 16.3. The van der Waals surface area contributed by atoms with Crippen LogP contribution in [0.4, 0.5) is 4.39 Å². The van der Waals surface area contributed by atoms with Crippen LogP contribution >= 0.6 is 12.4 Å². The van der Waals surface area contributed by atoms with Crippen molar-refractivity contribution >= 4 is 23.4 Å². The van der Waals surface area contributed by atoms with Gasteiger partial charge in [-0.3, -0.25) is 0 Å². The molecule has 0 unspecified atom stereocenters. The summed E-state index contributed by atoms with van der Waals surface area (Å²) < 4.78 is 28.9. The fourth-order valence-corrected chi connectivity index (χ4v) is 2.88. The maximum atomic E-state index is 12.9. The highest BCUT2D eigenvalue weighted by Crippen LogP contribution is 2.33. The van der Waals surface area contributed by atoms with Crippen molar-refractivity contribution in [1.82, 2.24) is 10.5 Å². The van der Waals surface area contributed by atoms with Crippen molar-refractivity contribution < 1.29 is 18.4 Å². The van der Waals surface area contributed by atoms with E-state index >= 15 is 0 Å². The van der Waals surface area contributed by atoms with Gasteiger partial charge in [0.15, 0.2) is 17.1 Å². The molecule has 0 spiro atoms. The molecule has 3 rings (SSSR count). The van der Waals surface area contributed by atoms with E-state index in [2.05, 4.69) is 10.5 Å². The Kier molecular flexibility index (Phi) is 7.88. The third-order valence-electron chi connectivity index (χ3n) is 4.32. The molecule has 0 aliphatic carbocycles. The minimum absolute atomic E-state index is 0. The largest absolute Gasteiger partial charge is 0.493 e. The lowest BCUT2D eigenvalue weighted by Crippen LogP contribution is -2.19. The number of benzene rings is 2. The van der Waals surface area contributed by atoms with Crippen LogP contribution in [0, 0.1) is 5.82 Å². The number of fused-ring (bicyclic) bond motifs is 1. The van der Waals surface area contributed by atoms with Crippen molar-refractivity contribution in [1.29, 1.82) is 0 Å². The number of aryl methyl sites for hydroxylation is 1. The van der Waals surface area contributed by atoms with Crippen molar-refractivity contribution in [3.05, 3.63) is 53.5 Å². The van der Waals surface area contributed by atoms with Gasteiger partial charge in [0.05, 0.1) is 19.9 Å². The van der Waals surface area contributed by atoms with E-state index < -0.39 is 0 Å². The summed E-state index contributed by atoms with van der Waals surface area (Å²) >= 11 is 0. The standard InChI is InChI=1S/C20H23FN2O3.ClH/c1-24-19-12-16-17(23-26-18(16)13-20(19)25-2)4-3-10-22-11-9-14-5-7-15(21)8-6-14;/h5-8,12-13,22H,3-4,9-11H2,1-2H3;1H. The first kappa shape index (κ1) is 21.0. The van der Waals surface area contributed by atoms with E-state index in [0.717, 1.165) is 49.0 Å². The van der Waals surface area contributed by atoms with Gasteiger partial charge in [-0.15, -0.1) is 12.4 Å². The summed E-state index contributed by atoms with van der Waals surface area (Å²) in [5.41, 5.74) is 2.74. The molecule has 1 N–H and O–H groups in total. The van der Waals surface area contributed by atoms with E-state index in [4.69, 9.17) is 14.0 Å². The number of aromatic nitrogens is 1. The van der Waals surface area contributed by atoms with Crippen LogP contribution in [-0.4, -0.2) is 32.5 Å². The highest BCUT2D eigenvalue weighted by Gasteiger charge is 2.13. The van der Waals surface area contributed by atoms with Gasteiger partial charge in [-0.25, -0.2) is 4.39 Å². The Morgan fingerprint density at radius 3 is 2.41 bits per heavy atom. The molecule has 146 valence electrons. The topological polar surface area (TPSA) is 56.5 Å². The number of hydrogen-bond acceptors (Lipinski definition) is 5. The van der Waals surface area contributed by atoms with Crippen molar-refractivity contribution in [2.75, 3.05) is 27.3 Å². The highest BCUT2D eigenvalue weighted by atomic mass is 35.5. The first-order chi connectivity index (χ1) is 12.7. The van der Waals surface area contributed by atoms with Crippen LogP contribution in [0.1, 0.15) is 17.7 Å². The summed E-state index contributed by atoms with van der Waals surface area (Å²) in [6, 6.07) is 10.3. The van der Waals surface area contributed by atoms with Crippen LogP contribution in [0.15, 0.2) is 40.9 Å². The van der Waals surface area contributed by atoms with Crippen LogP contribution in [0.25, 0.3) is 11.0 Å².